The second-order valence-electron chi connectivity index (χ2n) is 9.46. The number of rotatable bonds is 3. The van der Waals surface area contributed by atoms with E-state index in [4.69, 9.17) is 0 Å². The van der Waals surface area contributed by atoms with Gasteiger partial charge in [-0.1, -0.05) is 26.8 Å². The molecule has 1 aromatic heterocycles. The van der Waals surface area contributed by atoms with Crippen LogP contribution in [0.3, 0.4) is 0 Å². The van der Waals surface area contributed by atoms with Gasteiger partial charge in [0.1, 0.15) is 0 Å². The Hall–Kier alpha value is -1.81. The molecular weight excluding hydrogens is 310 g/mol. The molecule has 4 rings (SSSR count). The van der Waals surface area contributed by atoms with Gasteiger partial charge in [-0.15, -0.1) is 0 Å². The highest BCUT2D eigenvalue weighted by Crippen LogP contribution is 2.57. The first-order valence-electron chi connectivity index (χ1n) is 9.24. The standard InChI is InChI=1S/C21H29N3O/c1-20(2)9-18-21(3,12-20)13-24(18)19(25)14-6-7-16-15(11-23(4)5)10-22-17(16)8-14/h6-8,10,18,22H,9,11-13H2,1-5H3. The smallest absolute Gasteiger partial charge is 0.254 e. The SMILES string of the molecule is CN(C)Cc1c[nH]c2cc(C(=O)N3CC4(C)CC(C)(C)CC34)ccc12. The van der Waals surface area contributed by atoms with Gasteiger partial charge >= 0.3 is 0 Å². The van der Waals surface area contributed by atoms with Crippen LogP contribution >= 0.6 is 0 Å². The summed E-state index contributed by atoms with van der Waals surface area (Å²) < 4.78 is 0. The summed E-state index contributed by atoms with van der Waals surface area (Å²) in [6.07, 6.45) is 4.39. The molecular formula is C21H29N3O. The molecule has 2 fully saturated rings. The fraction of sp³-hybridized carbons (Fsp3) is 0.571. The molecule has 1 saturated heterocycles. The number of aromatic nitrogens is 1. The lowest BCUT2D eigenvalue weighted by atomic mass is 9.74. The molecule has 0 radical (unpaired) electrons. The highest BCUT2D eigenvalue weighted by Gasteiger charge is 2.59. The van der Waals surface area contributed by atoms with Crippen LogP contribution in [0.5, 0.6) is 0 Å². The van der Waals surface area contributed by atoms with Crippen molar-refractivity contribution in [3.8, 4) is 0 Å². The summed E-state index contributed by atoms with van der Waals surface area (Å²) in [4.78, 5) is 20.6. The van der Waals surface area contributed by atoms with E-state index in [1.807, 2.05) is 12.1 Å². The van der Waals surface area contributed by atoms with Crippen molar-refractivity contribution in [1.29, 1.82) is 0 Å². The number of likely N-dealkylation sites (tertiary alicyclic amines) is 1. The molecule has 1 saturated carbocycles. The summed E-state index contributed by atoms with van der Waals surface area (Å²) in [6, 6.07) is 6.51. The van der Waals surface area contributed by atoms with E-state index in [2.05, 4.69) is 61.9 Å². The topological polar surface area (TPSA) is 39.3 Å². The van der Waals surface area contributed by atoms with Crippen LogP contribution in [-0.4, -0.2) is 47.4 Å². The van der Waals surface area contributed by atoms with Crippen LogP contribution < -0.4 is 0 Å². The van der Waals surface area contributed by atoms with Gasteiger partial charge < -0.3 is 14.8 Å². The zero-order chi connectivity index (χ0) is 18.0. The van der Waals surface area contributed by atoms with Gasteiger partial charge in [-0.3, -0.25) is 4.79 Å². The average molecular weight is 339 g/mol. The zero-order valence-corrected chi connectivity index (χ0v) is 16.0. The maximum absolute atomic E-state index is 13.1. The molecule has 1 aliphatic heterocycles. The molecule has 1 N–H and O–H groups in total. The van der Waals surface area contributed by atoms with Gasteiger partial charge in [0, 0.05) is 47.2 Å². The summed E-state index contributed by atoms with van der Waals surface area (Å²) in [6.45, 7) is 8.80. The Bertz CT molecular complexity index is 835. The van der Waals surface area contributed by atoms with Crippen LogP contribution in [0.4, 0.5) is 0 Å². The molecule has 0 spiro atoms. The Balaban J connectivity index is 1.57. The molecule has 2 aromatic rings. The van der Waals surface area contributed by atoms with Crippen LogP contribution in [0.25, 0.3) is 10.9 Å². The summed E-state index contributed by atoms with van der Waals surface area (Å²) in [5, 5.41) is 1.21. The van der Waals surface area contributed by atoms with E-state index in [0.717, 1.165) is 30.6 Å². The van der Waals surface area contributed by atoms with Gasteiger partial charge in [-0.25, -0.2) is 0 Å². The number of benzene rings is 1. The normalized spacial score (nSPS) is 27.6. The predicted octanol–water partition coefficient (Wildman–Crippen LogP) is 3.88. The van der Waals surface area contributed by atoms with Crippen LogP contribution in [0.2, 0.25) is 0 Å². The van der Waals surface area contributed by atoms with Gasteiger partial charge in [0.05, 0.1) is 0 Å². The Labute approximate surface area is 150 Å². The van der Waals surface area contributed by atoms with Crippen molar-refractivity contribution in [2.75, 3.05) is 20.6 Å². The number of H-pyrrole nitrogens is 1. The van der Waals surface area contributed by atoms with Gasteiger partial charge in [-0.2, -0.15) is 0 Å². The van der Waals surface area contributed by atoms with Crippen LogP contribution in [0.1, 0.15) is 49.5 Å². The first-order chi connectivity index (χ1) is 11.7. The van der Waals surface area contributed by atoms with Crippen molar-refractivity contribution < 1.29 is 4.79 Å². The molecule has 2 aliphatic rings. The fourth-order valence-electron chi connectivity index (χ4n) is 5.26. The van der Waals surface area contributed by atoms with Crippen molar-refractivity contribution in [3.05, 3.63) is 35.5 Å². The number of hydrogen-bond donors (Lipinski definition) is 1. The fourth-order valence-corrected chi connectivity index (χ4v) is 5.26. The first-order valence-corrected chi connectivity index (χ1v) is 9.24. The van der Waals surface area contributed by atoms with Crippen molar-refractivity contribution in [2.24, 2.45) is 10.8 Å². The Morgan fingerprint density at radius 1 is 1.32 bits per heavy atom. The second kappa shape index (κ2) is 5.34. The van der Waals surface area contributed by atoms with E-state index in [1.165, 1.54) is 17.4 Å². The Kier molecular flexibility index (Phi) is 3.56. The van der Waals surface area contributed by atoms with Gasteiger partial charge in [0.2, 0.25) is 0 Å². The molecule has 2 unspecified atom stereocenters. The molecule has 134 valence electrons. The molecule has 1 amide bonds. The molecule has 2 atom stereocenters. The van der Waals surface area contributed by atoms with E-state index >= 15 is 0 Å². The van der Waals surface area contributed by atoms with Crippen molar-refractivity contribution in [1.82, 2.24) is 14.8 Å². The number of aromatic amines is 1. The van der Waals surface area contributed by atoms with Crippen LogP contribution in [0.15, 0.2) is 24.4 Å². The third-order valence-corrected chi connectivity index (χ3v) is 6.10. The minimum atomic E-state index is 0.186. The third kappa shape index (κ3) is 2.67. The van der Waals surface area contributed by atoms with E-state index in [-0.39, 0.29) is 5.91 Å². The van der Waals surface area contributed by atoms with E-state index < -0.39 is 0 Å². The minimum Gasteiger partial charge on any atom is -0.361 e. The average Bonchev–Trinajstić information content (AvgIpc) is 2.98. The quantitative estimate of drug-likeness (QED) is 0.922. The molecule has 4 nitrogen and oxygen atoms in total. The van der Waals surface area contributed by atoms with Gasteiger partial charge in [0.25, 0.3) is 5.91 Å². The lowest BCUT2D eigenvalue weighted by Crippen LogP contribution is -2.62. The number of amides is 1. The summed E-state index contributed by atoms with van der Waals surface area (Å²) in [5.41, 5.74) is 3.79. The van der Waals surface area contributed by atoms with E-state index in [0.29, 0.717) is 16.9 Å². The molecule has 4 heteroatoms. The van der Waals surface area contributed by atoms with E-state index in [1.54, 1.807) is 0 Å². The summed E-state index contributed by atoms with van der Waals surface area (Å²) in [5.74, 6) is 0.186. The Morgan fingerprint density at radius 2 is 2.08 bits per heavy atom. The van der Waals surface area contributed by atoms with Crippen LogP contribution in [-0.2, 0) is 6.54 Å². The number of nitrogens with one attached hydrogen (secondary N) is 1. The maximum atomic E-state index is 13.1. The number of carbonyl (C=O) groups is 1. The Morgan fingerprint density at radius 3 is 2.76 bits per heavy atom. The zero-order valence-electron chi connectivity index (χ0n) is 16.0. The third-order valence-electron chi connectivity index (χ3n) is 6.10. The number of hydrogen-bond acceptors (Lipinski definition) is 2. The van der Waals surface area contributed by atoms with E-state index in [9.17, 15) is 4.79 Å². The summed E-state index contributed by atoms with van der Waals surface area (Å²) in [7, 11) is 4.14. The monoisotopic (exact) mass is 339 g/mol. The highest BCUT2D eigenvalue weighted by molar-refractivity contribution is 5.99. The van der Waals surface area contributed by atoms with Crippen molar-refractivity contribution in [3.63, 3.8) is 0 Å². The van der Waals surface area contributed by atoms with Gasteiger partial charge in [-0.05, 0) is 50.0 Å². The predicted molar refractivity (Wildman–Crippen MR) is 102 cm³/mol. The number of carbonyl (C=O) groups excluding carboxylic acids is 1. The highest BCUT2D eigenvalue weighted by atomic mass is 16.2. The molecule has 1 aromatic carbocycles. The molecule has 2 heterocycles. The minimum absolute atomic E-state index is 0.186. The summed E-state index contributed by atoms with van der Waals surface area (Å²) >= 11 is 0. The number of fused-ring (bicyclic) bond motifs is 2. The molecule has 25 heavy (non-hydrogen) atoms. The second-order valence-corrected chi connectivity index (χ2v) is 9.46. The lowest BCUT2D eigenvalue weighted by molar-refractivity contribution is -0.0216. The first kappa shape index (κ1) is 16.6. The molecule has 1 aliphatic carbocycles. The van der Waals surface area contributed by atoms with Crippen molar-refractivity contribution >= 4 is 16.8 Å². The van der Waals surface area contributed by atoms with Crippen molar-refractivity contribution in [2.45, 2.75) is 46.2 Å². The number of nitrogens with zero attached hydrogens (tertiary/aromatic N) is 2. The largest absolute Gasteiger partial charge is 0.361 e. The lowest BCUT2D eigenvalue weighted by Gasteiger charge is -2.52. The molecule has 0 bridgehead atoms. The van der Waals surface area contributed by atoms with Gasteiger partial charge in [0.15, 0.2) is 0 Å². The maximum Gasteiger partial charge on any atom is 0.254 e. The van der Waals surface area contributed by atoms with Crippen LogP contribution in [0, 0.1) is 10.8 Å².